The molecule has 0 saturated heterocycles. The second kappa shape index (κ2) is 28.5. The second-order valence-electron chi connectivity index (χ2n) is 8.39. The van der Waals surface area contributed by atoms with Crippen LogP contribution in [0.1, 0.15) is 136 Å². The molecule has 0 aromatic carbocycles. The minimum atomic E-state index is 1.37. The summed E-state index contributed by atoms with van der Waals surface area (Å²) in [4.78, 5) is 3.42. The van der Waals surface area contributed by atoms with Crippen molar-refractivity contribution in [1.82, 2.24) is 0 Å². The quantitative estimate of drug-likeness (QED) is 0.0889. The van der Waals surface area contributed by atoms with E-state index in [-0.39, 0.29) is 0 Å². The van der Waals surface area contributed by atoms with Crippen molar-refractivity contribution in [3.05, 3.63) is 16.0 Å². The Morgan fingerprint density at radius 2 is 0.643 bits per heavy atom. The summed E-state index contributed by atoms with van der Waals surface area (Å²) in [6.07, 6.45) is 26.0. The van der Waals surface area contributed by atoms with Gasteiger partial charge in [0.15, 0.2) is 0 Å². The Kier molecular flexibility index (Phi) is 30.0. The second-order valence-corrected chi connectivity index (χ2v) is 8.39. The van der Waals surface area contributed by atoms with E-state index in [9.17, 15) is 0 Å². The Hall–Kier alpha value is -0.730. The van der Waals surface area contributed by atoms with Crippen molar-refractivity contribution in [2.45, 2.75) is 136 Å². The van der Waals surface area contributed by atoms with Gasteiger partial charge in [-0.3, -0.25) is 4.91 Å². The molecule has 0 saturated carbocycles. The van der Waals surface area contributed by atoms with E-state index in [0.29, 0.717) is 0 Å². The maximum absolute atomic E-state index is 6.75. The first kappa shape index (κ1) is 29.5. The Labute approximate surface area is 177 Å². The highest BCUT2D eigenvalue weighted by molar-refractivity contribution is 4.47. The van der Waals surface area contributed by atoms with E-state index in [0.717, 1.165) is 0 Å². The van der Waals surface area contributed by atoms with Crippen LogP contribution in [0.2, 0.25) is 0 Å². The van der Waals surface area contributed by atoms with E-state index in [1.165, 1.54) is 140 Å². The zero-order valence-electron chi connectivity index (χ0n) is 19.7. The Morgan fingerprint density at radius 3 is 0.893 bits per heavy atom. The van der Waals surface area contributed by atoms with Crippen LogP contribution in [-0.2, 0) is 0 Å². The fourth-order valence-corrected chi connectivity index (χ4v) is 3.84. The fourth-order valence-electron chi connectivity index (χ4n) is 3.84. The van der Waals surface area contributed by atoms with E-state index in [1.807, 2.05) is 4.90 Å². The lowest BCUT2D eigenvalue weighted by Gasteiger charge is -2.19. The summed E-state index contributed by atoms with van der Waals surface area (Å²) in [6, 6.07) is 0. The van der Waals surface area contributed by atoms with Crippen molar-refractivity contribution >= 4 is 0 Å². The largest absolute Gasteiger partial charge is 0.373 e. The van der Waals surface area contributed by atoms with Crippen molar-refractivity contribution < 1.29 is 4.90 Å². The van der Waals surface area contributed by atoms with Crippen LogP contribution in [0.25, 0.3) is 16.0 Å². The van der Waals surface area contributed by atoms with Crippen LogP contribution in [0.4, 0.5) is 0 Å². The van der Waals surface area contributed by atoms with E-state index >= 15 is 0 Å². The predicted molar refractivity (Wildman–Crippen MR) is 126 cm³/mol. The highest BCUT2D eigenvalue weighted by Crippen LogP contribution is 2.06. The minimum absolute atomic E-state index is 1.37. The van der Waals surface area contributed by atoms with Crippen LogP contribution >= 0.6 is 0 Å². The number of quaternary nitrogens is 1. The topological polar surface area (TPSA) is 63.1 Å². The molecule has 0 atom stereocenters. The minimum Gasteiger partial charge on any atom is -0.373 e. The molecule has 0 aliphatic rings. The summed E-state index contributed by atoms with van der Waals surface area (Å²) in [5.41, 5.74) is 13.5. The number of unbranched alkanes of at least 4 members (excludes halogenated alkanes) is 15. The molecule has 0 heterocycles. The van der Waals surface area contributed by atoms with Crippen LogP contribution in [0.15, 0.2) is 0 Å². The molecular weight excluding hydrogens is 344 g/mol. The van der Waals surface area contributed by atoms with Crippen molar-refractivity contribution in [3.63, 3.8) is 0 Å². The molecule has 0 fully saturated rings. The van der Waals surface area contributed by atoms with Crippen molar-refractivity contribution in [1.29, 1.82) is 0 Å². The van der Waals surface area contributed by atoms with E-state index < -0.39 is 0 Å². The molecule has 168 valence electrons. The maximum atomic E-state index is 6.75. The van der Waals surface area contributed by atoms with Crippen LogP contribution in [0.5, 0.6) is 0 Å². The van der Waals surface area contributed by atoms with E-state index in [2.05, 4.69) is 20.8 Å². The van der Waals surface area contributed by atoms with Gasteiger partial charge in [-0.15, -0.1) is 0 Å². The molecule has 0 radical (unpaired) electrons. The number of hydrogen-bond acceptors (Lipinski definition) is 0. The molecule has 0 aromatic heterocycles. The summed E-state index contributed by atoms with van der Waals surface area (Å²) in [5.74, 6) is 0. The Morgan fingerprint density at radius 1 is 0.429 bits per heavy atom. The van der Waals surface area contributed by atoms with Crippen LogP contribution < -0.4 is 4.90 Å². The smallest absolute Gasteiger partial charge is 0.0770 e. The van der Waals surface area contributed by atoms with Gasteiger partial charge >= 0.3 is 0 Å². The molecule has 4 heteroatoms. The standard InChI is InChI=1S/C24H51N.N3/c1-4-7-10-13-16-19-22-25(23-20-17-14-11-8-5-2)24-21-18-15-12-9-6-3;1-3-2/h4-24H2,1-3H3;/q;-1/p+1. The van der Waals surface area contributed by atoms with E-state index in [4.69, 9.17) is 11.1 Å². The molecule has 0 aromatic rings. The lowest BCUT2D eigenvalue weighted by Crippen LogP contribution is -3.12. The van der Waals surface area contributed by atoms with Gasteiger partial charge in [-0.2, -0.15) is 0 Å². The molecule has 0 aliphatic heterocycles. The van der Waals surface area contributed by atoms with Gasteiger partial charge in [0.05, 0.1) is 19.6 Å². The van der Waals surface area contributed by atoms with Gasteiger partial charge in [0.25, 0.3) is 0 Å². The number of hydrogen-bond donors (Lipinski definition) is 1. The first-order chi connectivity index (χ1) is 13.8. The van der Waals surface area contributed by atoms with Gasteiger partial charge in [-0.05, 0) is 38.5 Å². The molecule has 1 N–H and O–H groups in total. The van der Waals surface area contributed by atoms with Gasteiger partial charge in [-0.1, -0.05) is 97.8 Å². The third-order valence-electron chi connectivity index (χ3n) is 5.65. The molecule has 0 amide bonds. The van der Waals surface area contributed by atoms with Gasteiger partial charge in [0.1, 0.15) is 0 Å². The Balaban J connectivity index is 0. The molecule has 0 spiro atoms. The summed E-state index contributed by atoms with van der Waals surface area (Å²) in [5, 5.41) is 0. The molecular formula is C24H52N4. The summed E-state index contributed by atoms with van der Waals surface area (Å²) < 4.78 is 0. The monoisotopic (exact) mass is 396 g/mol. The SMILES string of the molecule is CCCCCCCC[NH+](CCCCCCCC)CCCCCCCC.[N-]=[N+]=[N-]. The molecule has 0 unspecified atom stereocenters. The van der Waals surface area contributed by atoms with Gasteiger partial charge < -0.3 is 16.0 Å². The molecule has 0 aliphatic carbocycles. The predicted octanol–water partition coefficient (Wildman–Crippen LogP) is 7.82. The van der Waals surface area contributed by atoms with Crippen molar-refractivity contribution in [2.75, 3.05) is 19.6 Å². The third kappa shape index (κ3) is 27.5. The lowest BCUT2D eigenvalue weighted by molar-refractivity contribution is -0.900. The number of nitrogens with one attached hydrogen (secondary N) is 1. The van der Waals surface area contributed by atoms with Crippen molar-refractivity contribution in [3.8, 4) is 0 Å². The average molecular weight is 397 g/mol. The summed E-state index contributed by atoms with van der Waals surface area (Å²) in [6.45, 7) is 11.3. The van der Waals surface area contributed by atoms with Gasteiger partial charge in [0, 0.05) is 0 Å². The van der Waals surface area contributed by atoms with Gasteiger partial charge in [0.2, 0.25) is 0 Å². The lowest BCUT2D eigenvalue weighted by atomic mass is 10.1. The highest BCUT2D eigenvalue weighted by atomic mass is 15.1. The first-order valence-corrected chi connectivity index (χ1v) is 12.6. The molecule has 4 nitrogen and oxygen atoms in total. The third-order valence-corrected chi connectivity index (χ3v) is 5.65. The van der Waals surface area contributed by atoms with Crippen LogP contribution in [0.3, 0.4) is 0 Å². The van der Waals surface area contributed by atoms with E-state index in [1.54, 1.807) is 0 Å². The number of rotatable bonds is 21. The molecule has 0 rings (SSSR count). The van der Waals surface area contributed by atoms with Crippen LogP contribution in [0, 0.1) is 0 Å². The van der Waals surface area contributed by atoms with Gasteiger partial charge in [-0.25, -0.2) is 0 Å². The average Bonchev–Trinajstić information content (AvgIpc) is 2.69. The van der Waals surface area contributed by atoms with Crippen molar-refractivity contribution in [2.24, 2.45) is 0 Å². The number of nitrogens with zero attached hydrogens (tertiary/aromatic N) is 3. The first-order valence-electron chi connectivity index (χ1n) is 12.6. The molecule has 0 bridgehead atoms. The molecule has 28 heavy (non-hydrogen) atoms. The highest BCUT2D eigenvalue weighted by Gasteiger charge is 2.08. The fraction of sp³-hybridized carbons (Fsp3) is 1.00. The zero-order valence-corrected chi connectivity index (χ0v) is 19.7. The summed E-state index contributed by atoms with van der Waals surface area (Å²) in [7, 11) is 0. The Bertz CT molecular complexity index is 263. The zero-order chi connectivity index (χ0) is 21.1. The summed E-state index contributed by atoms with van der Waals surface area (Å²) >= 11 is 0. The normalized spacial score (nSPS) is 10.6. The maximum Gasteiger partial charge on any atom is 0.0770 e. The van der Waals surface area contributed by atoms with Crippen LogP contribution in [-0.4, -0.2) is 19.6 Å².